The summed E-state index contributed by atoms with van der Waals surface area (Å²) < 4.78 is 10.3. The van der Waals surface area contributed by atoms with Crippen LogP contribution in [0.3, 0.4) is 0 Å². The molecule has 1 fully saturated rings. The highest BCUT2D eigenvalue weighted by Crippen LogP contribution is 2.26. The lowest BCUT2D eigenvalue weighted by atomic mass is 10.0. The van der Waals surface area contributed by atoms with Crippen molar-refractivity contribution in [1.82, 2.24) is 14.9 Å². The molecule has 2 aromatic rings. The lowest BCUT2D eigenvalue weighted by molar-refractivity contribution is -0.139. The molecular weight excluding hydrogens is 444 g/mol. The van der Waals surface area contributed by atoms with Gasteiger partial charge in [-0.15, -0.1) is 0 Å². The minimum absolute atomic E-state index is 0.00209. The predicted molar refractivity (Wildman–Crippen MR) is 127 cm³/mol. The number of ether oxygens (including phenoxy) is 2. The summed E-state index contributed by atoms with van der Waals surface area (Å²) in [5.41, 5.74) is 1.44. The van der Waals surface area contributed by atoms with Crippen molar-refractivity contribution in [1.29, 1.82) is 0 Å². The molecule has 1 aromatic heterocycles. The molecule has 1 aliphatic heterocycles. The summed E-state index contributed by atoms with van der Waals surface area (Å²) in [5, 5.41) is 0.464. The molecule has 176 valence electrons. The van der Waals surface area contributed by atoms with Crippen LogP contribution in [0.5, 0.6) is 0 Å². The average Bonchev–Trinajstić information content (AvgIpc) is 2.75. The van der Waals surface area contributed by atoms with Gasteiger partial charge >= 0.3 is 12.1 Å². The summed E-state index contributed by atoms with van der Waals surface area (Å²) >= 11 is 6.31. The molecule has 1 saturated heterocycles. The second-order valence-electron chi connectivity index (χ2n) is 8.94. The highest BCUT2D eigenvalue weighted by atomic mass is 35.5. The zero-order chi connectivity index (χ0) is 24.2. The molecule has 0 bridgehead atoms. The molecule has 0 aliphatic carbocycles. The summed E-state index contributed by atoms with van der Waals surface area (Å²) in [6.07, 6.45) is 3.06. The van der Waals surface area contributed by atoms with Crippen molar-refractivity contribution in [2.24, 2.45) is 0 Å². The quantitative estimate of drug-likeness (QED) is 0.492. The van der Waals surface area contributed by atoms with Gasteiger partial charge in [-0.1, -0.05) is 23.4 Å². The molecule has 1 amide bonds. The summed E-state index contributed by atoms with van der Waals surface area (Å²) in [4.78, 5) is 36.3. The van der Waals surface area contributed by atoms with Crippen LogP contribution in [-0.2, 0) is 14.3 Å². The summed E-state index contributed by atoms with van der Waals surface area (Å²) in [6, 6.07) is 3.63. The van der Waals surface area contributed by atoms with Crippen LogP contribution in [0.2, 0.25) is 5.02 Å². The van der Waals surface area contributed by atoms with E-state index in [2.05, 4.69) is 21.7 Å². The molecule has 33 heavy (non-hydrogen) atoms. The first-order chi connectivity index (χ1) is 15.5. The molecule has 0 radical (unpaired) electrons. The Hall–Kier alpha value is -3.05. The number of fused-ring (bicyclic) bond motifs is 1. The van der Waals surface area contributed by atoms with Crippen molar-refractivity contribution in [2.75, 3.05) is 31.6 Å². The van der Waals surface area contributed by atoms with Gasteiger partial charge in [0.2, 0.25) is 0 Å². The number of piperidine rings is 1. The highest BCUT2D eigenvalue weighted by molar-refractivity contribution is 6.32. The fourth-order valence-corrected chi connectivity index (χ4v) is 3.71. The summed E-state index contributed by atoms with van der Waals surface area (Å²) in [7, 11) is 1.79. The Kier molecular flexibility index (Phi) is 7.65. The molecular formula is C24H29ClN4O4. The molecule has 0 spiro atoms. The third-order valence-electron chi connectivity index (χ3n) is 5.21. The second-order valence-corrected chi connectivity index (χ2v) is 9.35. The van der Waals surface area contributed by atoms with Gasteiger partial charge in [0.15, 0.2) is 6.61 Å². The Morgan fingerprint density at radius 1 is 1.24 bits per heavy atom. The number of carbonyl (C=O) groups excluding carboxylic acids is 2. The minimum Gasteiger partial charge on any atom is -0.453 e. The number of nitrogens with zero attached hydrogens (tertiary/aromatic N) is 4. The predicted octanol–water partition coefficient (Wildman–Crippen LogP) is 4.03. The number of amides is 1. The first-order valence-electron chi connectivity index (χ1n) is 10.8. The van der Waals surface area contributed by atoms with Gasteiger partial charge in [0.1, 0.15) is 11.4 Å². The Bertz CT molecular complexity index is 1100. The number of esters is 1. The van der Waals surface area contributed by atoms with Crippen molar-refractivity contribution in [2.45, 2.75) is 52.2 Å². The van der Waals surface area contributed by atoms with Crippen LogP contribution in [0, 0.1) is 11.8 Å². The van der Waals surface area contributed by atoms with Gasteiger partial charge in [-0.2, -0.15) is 0 Å². The SMILES string of the molecule is CC(=O)OCC#Cc1cc2nc(N3CCC(N(C)C(=O)OC(C)(C)C)CC3)cnc2cc1Cl. The van der Waals surface area contributed by atoms with Gasteiger partial charge in [-0.3, -0.25) is 9.78 Å². The van der Waals surface area contributed by atoms with Crippen LogP contribution in [0.25, 0.3) is 11.0 Å². The fourth-order valence-electron chi connectivity index (χ4n) is 3.51. The van der Waals surface area contributed by atoms with Crippen molar-refractivity contribution in [3.8, 4) is 11.8 Å². The van der Waals surface area contributed by atoms with Crippen LogP contribution < -0.4 is 4.90 Å². The molecule has 2 heterocycles. The van der Waals surface area contributed by atoms with E-state index in [0.717, 1.165) is 31.7 Å². The van der Waals surface area contributed by atoms with Crippen molar-refractivity contribution < 1.29 is 19.1 Å². The van der Waals surface area contributed by atoms with Crippen molar-refractivity contribution in [3.05, 3.63) is 28.9 Å². The standard InChI is InChI=1S/C24H29ClN4O4/c1-16(30)32-12-6-7-17-13-21-20(14-19(17)25)26-15-22(27-21)29-10-8-18(9-11-29)28(5)23(31)33-24(2,3)4/h13-15,18H,8-12H2,1-5H3. The van der Waals surface area contributed by atoms with E-state index in [4.69, 9.17) is 26.1 Å². The van der Waals surface area contributed by atoms with Gasteiger partial charge in [-0.25, -0.2) is 9.78 Å². The van der Waals surface area contributed by atoms with Gasteiger partial charge < -0.3 is 19.3 Å². The Balaban J connectivity index is 1.69. The molecule has 0 N–H and O–H groups in total. The third-order valence-corrected chi connectivity index (χ3v) is 5.52. The highest BCUT2D eigenvalue weighted by Gasteiger charge is 2.29. The number of anilines is 1. The smallest absolute Gasteiger partial charge is 0.410 e. The number of hydrogen-bond acceptors (Lipinski definition) is 7. The zero-order valence-electron chi connectivity index (χ0n) is 19.6. The maximum absolute atomic E-state index is 12.4. The van der Waals surface area contributed by atoms with Crippen LogP contribution in [0.1, 0.15) is 46.1 Å². The third kappa shape index (κ3) is 6.72. The Labute approximate surface area is 199 Å². The minimum atomic E-state index is -0.515. The van der Waals surface area contributed by atoms with E-state index in [0.29, 0.717) is 21.6 Å². The zero-order valence-corrected chi connectivity index (χ0v) is 20.4. The van der Waals surface area contributed by atoms with Crippen LogP contribution in [-0.4, -0.2) is 65.3 Å². The molecule has 3 rings (SSSR count). The van der Waals surface area contributed by atoms with E-state index in [1.54, 1.807) is 30.3 Å². The molecule has 1 aromatic carbocycles. The van der Waals surface area contributed by atoms with Gasteiger partial charge in [0, 0.05) is 38.7 Å². The number of carbonyl (C=O) groups is 2. The van der Waals surface area contributed by atoms with E-state index >= 15 is 0 Å². The van der Waals surface area contributed by atoms with Crippen molar-refractivity contribution in [3.63, 3.8) is 0 Å². The van der Waals surface area contributed by atoms with Crippen LogP contribution in [0.4, 0.5) is 10.6 Å². The van der Waals surface area contributed by atoms with E-state index in [1.165, 1.54) is 6.92 Å². The number of hydrogen-bond donors (Lipinski definition) is 0. The molecule has 1 aliphatic rings. The second kappa shape index (κ2) is 10.3. The monoisotopic (exact) mass is 472 g/mol. The first-order valence-corrected chi connectivity index (χ1v) is 11.2. The Morgan fingerprint density at radius 3 is 2.58 bits per heavy atom. The first kappa shape index (κ1) is 24.6. The average molecular weight is 473 g/mol. The number of benzene rings is 1. The van der Waals surface area contributed by atoms with Gasteiger partial charge in [-0.05, 0) is 45.7 Å². The maximum Gasteiger partial charge on any atom is 0.410 e. The van der Waals surface area contributed by atoms with Crippen LogP contribution in [0.15, 0.2) is 18.3 Å². The molecule has 0 saturated carbocycles. The molecule has 0 unspecified atom stereocenters. The molecule has 9 heteroatoms. The van der Waals surface area contributed by atoms with Crippen molar-refractivity contribution >= 4 is 40.5 Å². The largest absolute Gasteiger partial charge is 0.453 e. The number of rotatable bonds is 3. The van der Waals surface area contributed by atoms with E-state index in [-0.39, 0.29) is 24.7 Å². The van der Waals surface area contributed by atoms with E-state index in [1.807, 2.05) is 20.8 Å². The van der Waals surface area contributed by atoms with E-state index < -0.39 is 5.60 Å². The topological polar surface area (TPSA) is 84.9 Å². The number of aromatic nitrogens is 2. The lowest BCUT2D eigenvalue weighted by Crippen LogP contribution is -2.47. The van der Waals surface area contributed by atoms with E-state index in [9.17, 15) is 9.59 Å². The summed E-state index contributed by atoms with van der Waals surface area (Å²) in [5.74, 6) is 6.07. The number of halogens is 1. The van der Waals surface area contributed by atoms with Crippen LogP contribution >= 0.6 is 11.6 Å². The molecule has 0 atom stereocenters. The normalized spacial score (nSPS) is 14.4. The lowest BCUT2D eigenvalue weighted by Gasteiger charge is -2.37. The van der Waals surface area contributed by atoms with Gasteiger partial charge in [0.25, 0.3) is 0 Å². The fraction of sp³-hybridized carbons (Fsp3) is 0.500. The summed E-state index contributed by atoms with van der Waals surface area (Å²) in [6.45, 7) is 8.43. The Morgan fingerprint density at radius 2 is 1.94 bits per heavy atom. The maximum atomic E-state index is 12.4. The van der Waals surface area contributed by atoms with Gasteiger partial charge in [0.05, 0.1) is 22.3 Å². The molecule has 8 nitrogen and oxygen atoms in total.